The molecule has 0 amide bonds. The van der Waals surface area contributed by atoms with E-state index in [1.54, 1.807) is 30.3 Å². The molecule has 3 aliphatic heterocycles. The number of nitrogens with two attached hydrogens (primary N) is 1. The van der Waals surface area contributed by atoms with E-state index in [2.05, 4.69) is 29.2 Å². The van der Waals surface area contributed by atoms with Crippen LogP contribution in [0.25, 0.3) is 30.4 Å². The van der Waals surface area contributed by atoms with E-state index in [0.717, 1.165) is 68.0 Å². The summed E-state index contributed by atoms with van der Waals surface area (Å²) in [5, 5.41) is 20.7. The molecule has 298 valence electrons. The van der Waals surface area contributed by atoms with Gasteiger partial charge in [-0.1, -0.05) is 61.2 Å². The zero-order valence-corrected chi connectivity index (χ0v) is 33.4. The molecule has 0 unspecified atom stereocenters. The summed E-state index contributed by atoms with van der Waals surface area (Å²) in [7, 11) is 0. The summed E-state index contributed by atoms with van der Waals surface area (Å²) in [4.78, 5) is 19.9. The van der Waals surface area contributed by atoms with Gasteiger partial charge in [-0.3, -0.25) is 20.2 Å². The second-order valence-corrected chi connectivity index (χ2v) is 13.7. The van der Waals surface area contributed by atoms with Crippen molar-refractivity contribution in [2.45, 2.75) is 0 Å². The van der Waals surface area contributed by atoms with Crippen LogP contribution in [-0.2, 0) is 0 Å². The summed E-state index contributed by atoms with van der Waals surface area (Å²) in [5.41, 5.74) is 11.6. The monoisotopic (exact) mass is 905 g/mol. The third-order valence-electron chi connectivity index (χ3n) is 8.44. The Hall–Kier alpha value is -7.33. The molecular formula is C45H36IN3O10. The van der Waals surface area contributed by atoms with Gasteiger partial charge in [0, 0.05) is 33.5 Å². The summed E-state index contributed by atoms with van der Waals surface area (Å²) in [6.45, 7) is 4.45. The number of non-ortho nitro benzene ring substituents is 2. The number of nitro groups is 2. The van der Waals surface area contributed by atoms with Crippen LogP contribution in [0.2, 0.25) is 0 Å². The first-order chi connectivity index (χ1) is 28.6. The Morgan fingerprint density at radius 1 is 0.475 bits per heavy atom. The number of rotatable bonds is 7. The van der Waals surface area contributed by atoms with Gasteiger partial charge >= 0.3 is 0 Å². The van der Waals surface area contributed by atoms with Crippen LogP contribution in [0.1, 0.15) is 27.8 Å². The molecule has 2 N–H and O–H groups in total. The van der Waals surface area contributed by atoms with Crippen LogP contribution in [0, 0.1) is 23.8 Å². The highest BCUT2D eigenvalue weighted by Gasteiger charge is 2.14. The summed E-state index contributed by atoms with van der Waals surface area (Å²) < 4.78 is 32.6. The fraction of sp³-hybridized carbons (Fsp3) is 0.0667. The van der Waals surface area contributed by atoms with Crippen molar-refractivity contribution in [2.75, 3.05) is 26.1 Å². The first kappa shape index (κ1) is 41.3. The van der Waals surface area contributed by atoms with Crippen molar-refractivity contribution in [1.29, 1.82) is 0 Å². The maximum absolute atomic E-state index is 10.6. The molecule has 13 nitrogen and oxygen atoms in total. The van der Waals surface area contributed by atoms with Crippen molar-refractivity contribution >= 4 is 70.0 Å². The lowest BCUT2D eigenvalue weighted by Gasteiger charge is -1.98. The lowest BCUT2D eigenvalue weighted by atomic mass is 10.1. The highest BCUT2D eigenvalue weighted by Crippen LogP contribution is 2.35. The Bertz CT molecular complexity index is 2470. The molecule has 0 bridgehead atoms. The van der Waals surface area contributed by atoms with E-state index in [-0.39, 0.29) is 18.2 Å². The van der Waals surface area contributed by atoms with Gasteiger partial charge in [-0.15, -0.1) is 0 Å². The third kappa shape index (κ3) is 12.1. The van der Waals surface area contributed by atoms with Gasteiger partial charge in [0.2, 0.25) is 20.4 Å². The molecule has 0 radical (unpaired) electrons. The van der Waals surface area contributed by atoms with Crippen LogP contribution in [0.3, 0.4) is 0 Å². The topological polar surface area (TPSA) is 168 Å². The standard InChI is InChI=1S/C15H11NO4.C15H13NO2.C8H7NO2.C7H5IO2/c17-16(18)13-6-3-11(4-7-13)1-2-12-5-8-14-15(9-12)20-10-19-14;16-13-6-3-11(4-7-13)1-2-12-5-8-14-15(9-12)18-10-17-14;1-2-7-3-5-8(6-4-7)9(10)11;8-5-1-2-6-7(3-5)10-4-9-6/h1-9H,10H2;1-9H,10,16H2;2-6H,1H2;1-3H,4H2/b2*2-1+;;. The van der Waals surface area contributed by atoms with E-state index in [1.807, 2.05) is 103 Å². The summed E-state index contributed by atoms with van der Waals surface area (Å²) in [6, 6.07) is 37.8. The SMILES string of the molecule is C=Cc1ccc([N+](=O)[O-])cc1.Ic1ccc2c(c1)OCO2.Nc1ccc(/C=C/c2ccc3c(c2)OCO3)cc1.O=[N+]([O-])c1ccc(/C=C/c2ccc3c(c2)OCO3)cc1. The maximum atomic E-state index is 10.6. The fourth-order valence-electron chi connectivity index (χ4n) is 5.34. The molecule has 0 fully saturated rings. The van der Waals surface area contributed by atoms with Crippen molar-refractivity contribution < 1.29 is 38.3 Å². The van der Waals surface area contributed by atoms with E-state index in [1.165, 1.54) is 27.8 Å². The van der Waals surface area contributed by atoms with E-state index < -0.39 is 9.85 Å². The molecule has 14 heteroatoms. The van der Waals surface area contributed by atoms with Crippen molar-refractivity contribution in [1.82, 2.24) is 0 Å². The van der Waals surface area contributed by atoms with Crippen molar-refractivity contribution in [3.63, 3.8) is 0 Å². The highest BCUT2D eigenvalue weighted by molar-refractivity contribution is 14.1. The molecule has 0 aromatic heterocycles. The van der Waals surface area contributed by atoms with Gasteiger partial charge in [0.1, 0.15) is 0 Å². The van der Waals surface area contributed by atoms with Gasteiger partial charge in [0.15, 0.2) is 34.5 Å². The first-order valence-corrected chi connectivity index (χ1v) is 18.9. The van der Waals surface area contributed by atoms with Gasteiger partial charge in [-0.2, -0.15) is 0 Å². The van der Waals surface area contributed by atoms with Crippen molar-refractivity contribution in [3.8, 4) is 34.5 Å². The summed E-state index contributed by atoms with van der Waals surface area (Å²) in [6.07, 6.45) is 9.53. The zero-order chi connectivity index (χ0) is 41.6. The molecule has 0 saturated carbocycles. The van der Waals surface area contributed by atoms with Gasteiger partial charge in [0.05, 0.1) is 9.85 Å². The molecule has 6 aromatic rings. The number of nitrogen functional groups attached to an aromatic ring is 1. The average molecular weight is 906 g/mol. The summed E-state index contributed by atoms with van der Waals surface area (Å²) >= 11 is 2.24. The van der Waals surface area contributed by atoms with Crippen LogP contribution in [-0.4, -0.2) is 30.2 Å². The average Bonchev–Trinajstić information content (AvgIpc) is 4.05. The number of fused-ring (bicyclic) bond motifs is 3. The second kappa shape index (κ2) is 20.2. The molecule has 0 spiro atoms. The van der Waals surface area contributed by atoms with Crippen LogP contribution in [0.5, 0.6) is 34.5 Å². The Labute approximate surface area is 353 Å². The lowest BCUT2D eigenvalue weighted by Crippen LogP contribution is -1.92. The minimum Gasteiger partial charge on any atom is -0.454 e. The molecule has 0 saturated heterocycles. The molecule has 9 rings (SSSR count). The Morgan fingerprint density at radius 3 is 1.24 bits per heavy atom. The first-order valence-electron chi connectivity index (χ1n) is 17.8. The van der Waals surface area contributed by atoms with Crippen LogP contribution >= 0.6 is 22.6 Å². The predicted molar refractivity (Wildman–Crippen MR) is 235 cm³/mol. The molecule has 0 atom stereocenters. The van der Waals surface area contributed by atoms with E-state index >= 15 is 0 Å². The number of ether oxygens (including phenoxy) is 6. The molecular weight excluding hydrogens is 869 g/mol. The third-order valence-corrected chi connectivity index (χ3v) is 9.12. The number of nitrogens with zero attached hydrogens (tertiary/aromatic N) is 2. The largest absolute Gasteiger partial charge is 0.454 e. The smallest absolute Gasteiger partial charge is 0.269 e. The number of anilines is 1. The van der Waals surface area contributed by atoms with Crippen LogP contribution < -0.4 is 34.2 Å². The lowest BCUT2D eigenvalue weighted by molar-refractivity contribution is -0.385. The van der Waals surface area contributed by atoms with E-state index in [0.29, 0.717) is 13.6 Å². The van der Waals surface area contributed by atoms with Gasteiger partial charge < -0.3 is 34.2 Å². The molecule has 3 heterocycles. The van der Waals surface area contributed by atoms with Gasteiger partial charge in [0.25, 0.3) is 11.4 Å². The maximum Gasteiger partial charge on any atom is 0.269 e. The molecule has 3 aliphatic rings. The Kier molecular flexibility index (Phi) is 14.1. The van der Waals surface area contributed by atoms with Crippen molar-refractivity contribution in [2.24, 2.45) is 0 Å². The number of benzene rings is 6. The number of nitro benzene ring substituents is 2. The molecule has 6 aromatic carbocycles. The van der Waals surface area contributed by atoms with Crippen LogP contribution in [0.4, 0.5) is 17.1 Å². The molecule has 59 heavy (non-hydrogen) atoms. The van der Waals surface area contributed by atoms with Gasteiger partial charge in [-0.25, -0.2) is 0 Å². The number of hydrogen-bond acceptors (Lipinski definition) is 11. The number of halogens is 1. The number of hydrogen-bond donors (Lipinski definition) is 1. The second-order valence-electron chi connectivity index (χ2n) is 12.5. The zero-order valence-electron chi connectivity index (χ0n) is 31.3. The predicted octanol–water partition coefficient (Wildman–Crippen LogP) is 10.9. The summed E-state index contributed by atoms with van der Waals surface area (Å²) in [5.74, 6) is 4.79. The van der Waals surface area contributed by atoms with Crippen molar-refractivity contribution in [3.05, 3.63) is 186 Å². The highest BCUT2D eigenvalue weighted by atomic mass is 127. The normalized spacial score (nSPS) is 12.4. The minimum absolute atomic E-state index is 0.0882. The van der Waals surface area contributed by atoms with E-state index in [4.69, 9.17) is 34.2 Å². The quantitative estimate of drug-likeness (QED) is 0.0532. The minimum atomic E-state index is -0.424. The van der Waals surface area contributed by atoms with Gasteiger partial charge in [-0.05, 0) is 129 Å². The fourth-order valence-corrected chi connectivity index (χ4v) is 5.80. The Balaban J connectivity index is 0.000000138. The van der Waals surface area contributed by atoms with E-state index in [9.17, 15) is 20.2 Å². The Morgan fingerprint density at radius 2 is 0.814 bits per heavy atom. The van der Waals surface area contributed by atoms with Crippen LogP contribution in [0.15, 0.2) is 134 Å². The molecule has 0 aliphatic carbocycles.